The van der Waals surface area contributed by atoms with Crippen LogP contribution >= 0.6 is 0 Å². The molecule has 0 spiro atoms. The fourth-order valence-electron chi connectivity index (χ4n) is 3.50. The van der Waals surface area contributed by atoms with Gasteiger partial charge in [-0.15, -0.1) is 0 Å². The highest BCUT2D eigenvalue weighted by atomic mass is 16.5. The third-order valence-electron chi connectivity index (χ3n) is 4.93. The van der Waals surface area contributed by atoms with Crippen LogP contribution in [0.1, 0.15) is 57.0 Å². The highest BCUT2D eigenvalue weighted by molar-refractivity contribution is 5.81. The summed E-state index contributed by atoms with van der Waals surface area (Å²) in [6.45, 7) is 9.85. The highest BCUT2D eigenvalue weighted by Gasteiger charge is 2.25. The van der Waals surface area contributed by atoms with Gasteiger partial charge in [-0.1, -0.05) is 13.8 Å². The monoisotopic (exact) mass is 346 g/mol. The van der Waals surface area contributed by atoms with E-state index in [4.69, 9.17) is 9.72 Å². The zero-order valence-corrected chi connectivity index (χ0v) is 15.7. The number of nitrogens with zero attached hydrogens (tertiary/aromatic N) is 4. The molecule has 6 heteroatoms. The Bertz CT molecular complexity index is 593. The normalized spacial score (nSPS) is 20.5. The van der Waals surface area contributed by atoms with E-state index in [1.54, 1.807) is 0 Å². The first-order valence-corrected chi connectivity index (χ1v) is 9.53. The Morgan fingerprint density at radius 2 is 2.08 bits per heavy atom. The third kappa shape index (κ3) is 4.69. The number of carbonyl (C=O) groups excluding carboxylic acids is 1. The van der Waals surface area contributed by atoms with Gasteiger partial charge in [-0.2, -0.15) is 0 Å². The number of likely N-dealkylation sites (tertiary alicyclic amines) is 1. The van der Waals surface area contributed by atoms with Crippen molar-refractivity contribution in [1.82, 2.24) is 14.9 Å². The van der Waals surface area contributed by atoms with Crippen molar-refractivity contribution in [1.29, 1.82) is 0 Å². The molecule has 2 fully saturated rings. The van der Waals surface area contributed by atoms with E-state index in [-0.39, 0.29) is 17.9 Å². The van der Waals surface area contributed by atoms with Crippen molar-refractivity contribution in [3.05, 3.63) is 17.6 Å². The van der Waals surface area contributed by atoms with E-state index < -0.39 is 0 Å². The predicted molar refractivity (Wildman–Crippen MR) is 97.9 cm³/mol. The number of ether oxygens (including phenoxy) is 1. The summed E-state index contributed by atoms with van der Waals surface area (Å²) in [6, 6.07) is 1.98. The van der Waals surface area contributed by atoms with E-state index in [9.17, 15) is 4.79 Å². The second-order valence-corrected chi connectivity index (χ2v) is 7.48. The lowest BCUT2D eigenvalue weighted by Gasteiger charge is -2.28. The van der Waals surface area contributed by atoms with Crippen molar-refractivity contribution in [2.24, 2.45) is 0 Å². The molecule has 3 heterocycles. The minimum atomic E-state index is 0.184. The molecule has 2 aliphatic rings. The van der Waals surface area contributed by atoms with Gasteiger partial charge in [0.2, 0.25) is 5.91 Å². The zero-order chi connectivity index (χ0) is 17.8. The molecule has 1 atom stereocenters. The van der Waals surface area contributed by atoms with Crippen LogP contribution in [0.2, 0.25) is 0 Å². The maximum absolute atomic E-state index is 12.7. The van der Waals surface area contributed by atoms with Crippen molar-refractivity contribution in [3.63, 3.8) is 0 Å². The molecule has 0 unspecified atom stereocenters. The van der Waals surface area contributed by atoms with Crippen molar-refractivity contribution in [2.75, 3.05) is 37.7 Å². The van der Waals surface area contributed by atoms with Crippen LogP contribution in [0.15, 0.2) is 6.07 Å². The molecule has 1 aromatic heterocycles. The average molecular weight is 346 g/mol. The smallest absolute Gasteiger partial charge is 0.242 e. The first-order chi connectivity index (χ1) is 12.0. The molecule has 6 nitrogen and oxygen atoms in total. The fraction of sp³-hybridized carbons (Fsp3) is 0.737. The van der Waals surface area contributed by atoms with Gasteiger partial charge in [-0.25, -0.2) is 9.97 Å². The number of rotatable bonds is 6. The summed E-state index contributed by atoms with van der Waals surface area (Å²) in [7, 11) is 0. The van der Waals surface area contributed by atoms with E-state index in [1.807, 2.05) is 17.9 Å². The summed E-state index contributed by atoms with van der Waals surface area (Å²) >= 11 is 0. The molecule has 1 aromatic rings. The topological polar surface area (TPSA) is 58.6 Å². The second-order valence-electron chi connectivity index (χ2n) is 7.48. The lowest BCUT2D eigenvalue weighted by atomic mass is 10.2. The number of aryl methyl sites for hydroxylation is 1. The number of amides is 1. The van der Waals surface area contributed by atoms with Gasteiger partial charge in [0, 0.05) is 43.9 Å². The van der Waals surface area contributed by atoms with Crippen LogP contribution in [0.5, 0.6) is 0 Å². The molecule has 0 aromatic carbocycles. The van der Waals surface area contributed by atoms with E-state index in [1.165, 1.54) is 0 Å². The molecule has 0 saturated carbocycles. The Balaban J connectivity index is 1.80. The van der Waals surface area contributed by atoms with Gasteiger partial charge in [0.05, 0.1) is 12.6 Å². The first-order valence-electron chi connectivity index (χ1n) is 9.53. The summed E-state index contributed by atoms with van der Waals surface area (Å²) in [4.78, 5) is 26.1. The number of aromatic nitrogens is 2. The number of anilines is 1. The maximum atomic E-state index is 12.7. The molecule has 138 valence electrons. The zero-order valence-electron chi connectivity index (χ0n) is 15.7. The van der Waals surface area contributed by atoms with E-state index in [2.05, 4.69) is 23.7 Å². The fourth-order valence-corrected chi connectivity index (χ4v) is 3.50. The standard InChI is InChI=1S/C19H30N4O2/c1-14(2)19-20-15(3)11-17(21-19)23(12-16-7-6-10-25-16)13-18(24)22-8-4-5-9-22/h11,14,16H,4-10,12-13H2,1-3H3/t16-/m0/s1. The van der Waals surface area contributed by atoms with Crippen LogP contribution in [0, 0.1) is 6.92 Å². The predicted octanol–water partition coefficient (Wildman–Crippen LogP) is 2.52. The van der Waals surface area contributed by atoms with E-state index in [0.29, 0.717) is 13.1 Å². The van der Waals surface area contributed by atoms with Gasteiger partial charge in [-0.3, -0.25) is 4.79 Å². The van der Waals surface area contributed by atoms with E-state index in [0.717, 1.165) is 62.7 Å². The van der Waals surface area contributed by atoms with Crippen LogP contribution in [0.3, 0.4) is 0 Å². The SMILES string of the molecule is Cc1cc(N(CC(=O)N2CCCC2)C[C@@H]2CCCO2)nc(C(C)C)n1. The lowest BCUT2D eigenvalue weighted by Crippen LogP contribution is -2.42. The number of carbonyl (C=O) groups is 1. The summed E-state index contributed by atoms with van der Waals surface area (Å²) in [6.07, 6.45) is 4.56. The Labute approximate surface area is 150 Å². The summed E-state index contributed by atoms with van der Waals surface area (Å²) in [5, 5.41) is 0. The van der Waals surface area contributed by atoms with Crippen LogP contribution in [-0.4, -0.2) is 59.7 Å². The van der Waals surface area contributed by atoms with Gasteiger partial charge in [-0.05, 0) is 32.6 Å². The first kappa shape index (κ1) is 18.1. The van der Waals surface area contributed by atoms with Crippen molar-refractivity contribution >= 4 is 11.7 Å². The van der Waals surface area contributed by atoms with Crippen molar-refractivity contribution in [2.45, 2.75) is 58.5 Å². The Kier molecular flexibility index (Phi) is 5.89. The largest absolute Gasteiger partial charge is 0.376 e. The van der Waals surface area contributed by atoms with Crippen LogP contribution < -0.4 is 4.90 Å². The van der Waals surface area contributed by atoms with Crippen LogP contribution in [0.25, 0.3) is 0 Å². The highest BCUT2D eigenvalue weighted by Crippen LogP contribution is 2.21. The molecule has 0 N–H and O–H groups in total. The molecule has 25 heavy (non-hydrogen) atoms. The molecular weight excluding hydrogens is 316 g/mol. The molecule has 0 aliphatic carbocycles. The Morgan fingerprint density at radius 3 is 2.72 bits per heavy atom. The molecule has 2 aliphatic heterocycles. The Morgan fingerprint density at radius 1 is 1.32 bits per heavy atom. The van der Waals surface area contributed by atoms with Gasteiger partial charge >= 0.3 is 0 Å². The summed E-state index contributed by atoms with van der Waals surface area (Å²) in [5.41, 5.74) is 0.944. The number of hydrogen-bond acceptors (Lipinski definition) is 5. The van der Waals surface area contributed by atoms with Gasteiger partial charge in [0.1, 0.15) is 11.6 Å². The minimum absolute atomic E-state index is 0.184. The van der Waals surface area contributed by atoms with Crippen molar-refractivity contribution in [3.8, 4) is 0 Å². The number of hydrogen-bond donors (Lipinski definition) is 0. The second kappa shape index (κ2) is 8.13. The van der Waals surface area contributed by atoms with Crippen LogP contribution in [0.4, 0.5) is 5.82 Å². The van der Waals surface area contributed by atoms with Crippen molar-refractivity contribution < 1.29 is 9.53 Å². The van der Waals surface area contributed by atoms with E-state index >= 15 is 0 Å². The van der Waals surface area contributed by atoms with Gasteiger partial charge in [0.15, 0.2) is 0 Å². The molecule has 2 saturated heterocycles. The molecular formula is C19H30N4O2. The summed E-state index contributed by atoms with van der Waals surface area (Å²) < 4.78 is 5.81. The molecule has 3 rings (SSSR count). The Hall–Kier alpha value is -1.69. The average Bonchev–Trinajstić information content (AvgIpc) is 3.27. The lowest BCUT2D eigenvalue weighted by molar-refractivity contribution is -0.128. The van der Waals surface area contributed by atoms with Crippen LogP contribution in [-0.2, 0) is 9.53 Å². The molecule has 0 radical (unpaired) electrons. The summed E-state index contributed by atoms with van der Waals surface area (Å²) in [5.74, 6) is 2.13. The van der Waals surface area contributed by atoms with Gasteiger partial charge in [0.25, 0.3) is 0 Å². The quantitative estimate of drug-likeness (QED) is 0.792. The third-order valence-corrected chi connectivity index (χ3v) is 4.93. The molecule has 1 amide bonds. The minimum Gasteiger partial charge on any atom is -0.376 e. The van der Waals surface area contributed by atoms with Gasteiger partial charge < -0.3 is 14.5 Å². The maximum Gasteiger partial charge on any atom is 0.242 e. The molecule has 0 bridgehead atoms.